The van der Waals surface area contributed by atoms with Crippen molar-refractivity contribution in [2.45, 2.75) is 17.9 Å². The van der Waals surface area contributed by atoms with Gasteiger partial charge in [-0.3, -0.25) is 0 Å². The Morgan fingerprint density at radius 2 is 2.00 bits per heavy atom. The molecule has 0 bridgehead atoms. The zero-order valence-electron chi connectivity index (χ0n) is 15.5. The van der Waals surface area contributed by atoms with Crippen LogP contribution in [0.15, 0.2) is 47.4 Å². The zero-order valence-corrected chi connectivity index (χ0v) is 17.1. The molecule has 6 nitrogen and oxygen atoms in total. The minimum Gasteiger partial charge on any atom is -0.465 e. The molecule has 1 unspecified atom stereocenters. The van der Waals surface area contributed by atoms with Crippen LogP contribution in [-0.4, -0.2) is 45.4 Å². The minimum atomic E-state index is -3.89. The average molecular weight is 429 g/mol. The monoisotopic (exact) mass is 428 g/mol. The van der Waals surface area contributed by atoms with E-state index in [2.05, 4.69) is 5.32 Å². The molecule has 152 valence electrons. The van der Waals surface area contributed by atoms with Crippen LogP contribution in [0, 0.1) is 12.7 Å². The number of halogens is 2. The molecular formula is C19H22ClFN2O4S. The van der Waals surface area contributed by atoms with Gasteiger partial charge in [0.2, 0.25) is 10.0 Å². The van der Waals surface area contributed by atoms with Gasteiger partial charge in [-0.1, -0.05) is 18.2 Å². The smallest absolute Gasteiger partial charge is 0.338 e. The molecule has 1 fully saturated rings. The fraction of sp³-hybridized carbons (Fsp3) is 0.316. The van der Waals surface area contributed by atoms with Gasteiger partial charge in [0, 0.05) is 19.6 Å². The van der Waals surface area contributed by atoms with Gasteiger partial charge in [-0.15, -0.1) is 12.4 Å². The third kappa shape index (κ3) is 4.35. The first-order valence-electron chi connectivity index (χ1n) is 8.51. The van der Waals surface area contributed by atoms with Crippen molar-refractivity contribution >= 4 is 28.4 Å². The number of aryl methyl sites for hydroxylation is 1. The summed E-state index contributed by atoms with van der Waals surface area (Å²) in [5, 5.41) is 3.15. The molecule has 2 aromatic rings. The van der Waals surface area contributed by atoms with Gasteiger partial charge in [-0.05, 0) is 42.3 Å². The van der Waals surface area contributed by atoms with Crippen LogP contribution in [0.2, 0.25) is 0 Å². The number of nitrogens with zero attached hydrogens (tertiary/aromatic N) is 1. The highest BCUT2D eigenvalue weighted by Gasteiger charge is 2.35. The number of carbonyl (C=O) groups is 1. The number of hydrogen-bond acceptors (Lipinski definition) is 5. The van der Waals surface area contributed by atoms with E-state index >= 15 is 0 Å². The molecule has 2 aromatic carbocycles. The molecule has 1 N–H and O–H groups in total. The van der Waals surface area contributed by atoms with Gasteiger partial charge >= 0.3 is 5.97 Å². The van der Waals surface area contributed by atoms with Crippen LogP contribution in [0.3, 0.4) is 0 Å². The Hall–Kier alpha value is -2.00. The SMILES string of the molecule is COC(=O)c1cc(S(=O)(=O)N2CCNCC2c2cccc(F)c2)ccc1C.Cl. The summed E-state index contributed by atoms with van der Waals surface area (Å²) < 4.78 is 46.3. The fourth-order valence-corrected chi connectivity index (χ4v) is 4.84. The first kappa shape index (κ1) is 22.3. The topological polar surface area (TPSA) is 75.7 Å². The molecule has 1 heterocycles. The van der Waals surface area contributed by atoms with Crippen LogP contribution in [0.1, 0.15) is 27.5 Å². The molecule has 1 saturated heterocycles. The quantitative estimate of drug-likeness (QED) is 0.758. The molecule has 0 saturated carbocycles. The number of rotatable bonds is 4. The summed E-state index contributed by atoms with van der Waals surface area (Å²) >= 11 is 0. The maximum Gasteiger partial charge on any atom is 0.338 e. The van der Waals surface area contributed by atoms with Gasteiger partial charge in [-0.25, -0.2) is 17.6 Å². The number of methoxy groups -OCH3 is 1. The van der Waals surface area contributed by atoms with Crippen molar-refractivity contribution in [2.24, 2.45) is 0 Å². The molecule has 0 spiro atoms. The van der Waals surface area contributed by atoms with Gasteiger partial charge in [0.05, 0.1) is 23.6 Å². The maximum atomic E-state index is 13.7. The minimum absolute atomic E-state index is 0. The predicted molar refractivity (Wildman–Crippen MR) is 106 cm³/mol. The summed E-state index contributed by atoms with van der Waals surface area (Å²) in [6.07, 6.45) is 0. The highest BCUT2D eigenvalue weighted by molar-refractivity contribution is 7.89. The number of piperazine rings is 1. The van der Waals surface area contributed by atoms with E-state index in [-0.39, 0.29) is 29.4 Å². The van der Waals surface area contributed by atoms with Gasteiger partial charge in [-0.2, -0.15) is 4.31 Å². The lowest BCUT2D eigenvalue weighted by molar-refractivity contribution is 0.0599. The first-order valence-corrected chi connectivity index (χ1v) is 9.95. The number of esters is 1. The third-order valence-corrected chi connectivity index (χ3v) is 6.55. The highest BCUT2D eigenvalue weighted by atomic mass is 35.5. The van der Waals surface area contributed by atoms with E-state index < -0.39 is 27.9 Å². The second kappa shape index (κ2) is 9.00. The second-order valence-electron chi connectivity index (χ2n) is 6.36. The molecule has 1 aliphatic heterocycles. The van der Waals surface area contributed by atoms with Crippen molar-refractivity contribution in [1.29, 1.82) is 0 Å². The van der Waals surface area contributed by atoms with Crippen molar-refractivity contribution in [3.63, 3.8) is 0 Å². The first-order chi connectivity index (χ1) is 12.8. The van der Waals surface area contributed by atoms with Gasteiger partial charge in [0.15, 0.2) is 0 Å². The number of nitrogens with one attached hydrogen (secondary N) is 1. The van der Waals surface area contributed by atoms with E-state index in [0.717, 1.165) is 0 Å². The number of sulfonamides is 1. The average Bonchev–Trinajstić information content (AvgIpc) is 2.67. The number of hydrogen-bond donors (Lipinski definition) is 1. The Balaban J connectivity index is 0.00000280. The number of carbonyl (C=O) groups excluding carboxylic acids is 1. The van der Waals surface area contributed by atoms with Crippen LogP contribution < -0.4 is 5.32 Å². The normalized spacial score (nSPS) is 17.6. The Morgan fingerprint density at radius 3 is 2.68 bits per heavy atom. The molecule has 0 radical (unpaired) electrons. The highest BCUT2D eigenvalue weighted by Crippen LogP contribution is 2.30. The molecule has 9 heteroatoms. The zero-order chi connectivity index (χ0) is 19.6. The Bertz CT molecular complexity index is 968. The van der Waals surface area contributed by atoms with Crippen LogP contribution >= 0.6 is 12.4 Å². The van der Waals surface area contributed by atoms with E-state index in [9.17, 15) is 17.6 Å². The van der Waals surface area contributed by atoms with Crippen LogP contribution in [-0.2, 0) is 14.8 Å². The summed E-state index contributed by atoms with van der Waals surface area (Å²) in [4.78, 5) is 11.9. The number of benzene rings is 2. The third-order valence-electron chi connectivity index (χ3n) is 4.65. The van der Waals surface area contributed by atoms with E-state index in [1.54, 1.807) is 25.1 Å². The summed E-state index contributed by atoms with van der Waals surface area (Å²) in [5.41, 5.74) is 1.41. The Kier molecular flexibility index (Phi) is 7.16. The second-order valence-corrected chi connectivity index (χ2v) is 8.25. The van der Waals surface area contributed by atoms with E-state index in [4.69, 9.17) is 4.74 Å². The molecule has 3 rings (SSSR count). The predicted octanol–water partition coefficient (Wildman–Crippen LogP) is 2.68. The molecule has 0 amide bonds. The molecule has 0 aromatic heterocycles. The van der Waals surface area contributed by atoms with E-state index in [1.807, 2.05) is 0 Å². The van der Waals surface area contributed by atoms with E-state index in [1.165, 1.54) is 35.7 Å². The van der Waals surface area contributed by atoms with Crippen LogP contribution in [0.5, 0.6) is 0 Å². The summed E-state index contributed by atoms with van der Waals surface area (Å²) in [7, 11) is -2.64. The molecule has 28 heavy (non-hydrogen) atoms. The van der Waals surface area contributed by atoms with Gasteiger partial charge in [0.25, 0.3) is 0 Å². The largest absolute Gasteiger partial charge is 0.465 e. The van der Waals surface area contributed by atoms with Crippen molar-refractivity contribution in [3.05, 3.63) is 65.0 Å². The van der Waals surface area contributed by atoms with Crippen molar-refractivity contribution in [3.8, 4) is 0 Å². The standard InChI is InChI=1S/C19H21FN2O4S.ClH/c1-13-6-7-16(11-17(13)19(23)26-2)27(24,25)22-9-8-21-12-18(22)14-4-3-5-15(20)10-14;/h3-7,10-11,18,21H,8-9,12H2,1-2H3;1H. The fourth-order valence-electron chi connectivity index (χ4n) is 3.20. The lowest BCUT2D eigenvalue weighted by Crippen LogP contribution is -2.48. The van der Waals surface area contributed by atoms with Gasteiger partial charge in [0.1, 0.15) is 5.82 Å². The molecule has 1 aliphatic rings. The molecule has 1 atom stereocenters. The summed E-state index contributed by atoms with van der Waals surface area (Å²) in [5.74, 6) is -1.01. The van der Waals surface area contributed by atoms with Gasteiger partial charge < -0.3 is 10.1 Å². The lowest BCUT2D eigenvalue weighted by Gasteiger charge is -2.35. The van der Waals surface area contributed by atoms with Crippen molar-refractivity contribution in [1.82, 2.24) is 9.62 Å². The lowest BCUT2D eigenvalue weighted by atomic mass is 10.1. The Morgan fingerprint density at radius 1 is 1.25 bits per heavy atom. The molecule has 0 aliphatic carbocycles. The molecular weight excluding hydrogens is 407 g/mol. The summed E-state index contributed by atoms with van der Waals surface area (Å²) in [6.45, 7) is 2.81. The van der Waals surface area contributed by atoms with Crippen LogP contribution in [0.4, 0.5) is 4.39 Å². The Labute approximate surface area is 170 Å². The van der Waals surface area contributed by atoms with E-state index in [0.29, 0.717) is 24.2 Å². The summed E-state index contributed by atoms with van der Waals surface area (Å²) in [6, 6.07) is 9.78. The van der Waals surface area contributed by atoms with Crippen molar-refractivity contribution < 1.29 is 22.3 Å². The van der Waals surface area contributed by atoms with Crippen LogP contribution in [0.25, 0.3) is 0 Å². The van der Waals surface area contributed by atoms with Crippen molar-refractivity contribution in [2.75, 3.05) is 26.7 Å². The maximum absolute atomic E-state index is 13.7. The number of ether oxygens (including phenoxy) is 1.